The minimum Gasteiger partial charge on any atom is -0.466 e. The second kappa shape index (κ2) is 10.5. The van der Waals surface area contributed by atoms with Gasteiger partial charge in [-0.2, -0.15) is 0 Å². The van der Waals surface area contributed by atoms with Gasteiger partial charge in [0.15, 0.2) is 0 Å². The number of methoxy groups -OCH3 is 1. The van der Waals surface area contributed by atoms with Gasteiger partial charge in [-0.15, -0.1) is 11.3 Å². The number of hydrogen-bond donors (Lipinski definition) is 0. The number of thiophene rings is 1. The number of piperazine rings is 1. The maximum Gasteiger partial charge on any atom is 0.410 e. The van der Waals surface area contributed by atoms with E-state index in [0.717, 1.165) is 34.9 Å². The molecule has 2 aromatic heterocycles. The van der Waals surface area contributed by atoms with Gasteiger partial charge in [0.05, 0.1) is 24.7 Å². The van der Waals surface area contributed by atoms with Crippen molar-refractivity contribution in [3.05, 3.63) is 52.0 Å². The Balaban J connectivity index is 1.53. The molecule has 0 saturated carbocycles. The third-order valence-corrected chi connectivity index (χ3v) is 5.65. The lowest BCUT2D eigenvalue weighted by Crippen LogP contribution is -2.50. The third-order valence-electron chi connectivity index (χ3n) is 4.74. The zero-order valence-corrected chi connectivity index (χ0v) is 19.7. The van der Waals surface area contributed by atoms with Crippen LogP contribution in [0.3, 0.4) is 0 Å². The molecule has 0 radical (unpaired) electrons. The number of pyridine rings is 1. The number of aromatic nitrogens is 1. The van der Waals surface area contributed by atoms with E-state index in [1.807, 2.05) is 62.7 Å². The first-order chi connectivity index (χ1) is 15.2. The number of amides is 1. The molecule has 0 aliphatic carbocycles. The molecule has 1 amide bonds. The Morgan fingerprint density at radius 2 is 1.84 bits per heavy atom. The Morgan fingerprint density at radius 3 is 2.47 bits per heavy atom. The minimum absolute atomic E-state index is 0.256. The molecule has 0 atom stereocenters. The van der Waals surface area contributed by atoms with Crippen LogP contribution >= 0.6 is 11.3 Å². The monoisotopic (exact) mass is 455 g/mol. The van der Waals surface area contributed by atoms with Gasteiger partial charge in [0.25, 0.3) is 0 Å². The van der Waals surface area contributed by atoms with Crippen molar-refractivity contribution in [3.8, 4) is 0 Å². The lowest BCUT2D eigenvalue weighted by atomic mass is 10.2. The lowest BCUT2D eigenvalue weighted by Gasteiger charge is -2.36. The topological polar surface area (TPSA) is 72.0 Å². The van der Waals surface area contributed by atoms with Crippen molar-refractivity contribution in [1.29, 1.82) is 0 Å². The van der Waals surface area contributed by atoms with Gasteiger partial charge in [-0.05, 0) is 62.1 Å². The van der Waals surface area contributed by atoms with Crippen molar-refractivity contribution in [2.24, 2.45) is 0 Å². The normalized spacial score (nSPS) is 14.9. The summed E-state index contributed by atoms with van der Waals surface area (Å²) in [6.45, 7) is 8.37. The molecule has 1 fully saturated rings. The molecule has 170 valence electrons. The second-order valence-corrected chi connectivity index (χ2v) is 9.31. The molecule has 1 saturated heterocycles. The van der Waals surface area contributed by atoms with E-state index in [-0.39, 0.29) is 12.1 Å². The summed E-state index contributed by atoms with van der Waals surface area (Å²) >= 11 is 1.55. The van der Waals surface area contributed by atoms with Crippen LogP contribution in [-0.2, 0) is 14.3 Å². The van der Waals surface area contributed by atoms with Gasteiger partial charge in [0, 0.05) is 37.1 Å². The van der Waals surface area contributed by atoms with Crippen LogP contribution in [0.5, 0.6) is 0 Å². The third kappa shape index (κ3) is 6.95. The van der Waals surface area contributed by atoms with Gasteiger partial charge >= 0.3 is 12.1 Å². The predicted octanol–water partition coefficient (Wildman–Crippen LogP) is 4.56. The fourth-order valence-electron chi connectivity index (χ4n) is 3.10. The van der Waals surface area contributed by atoms with Crippen molar-refractivity contribution in [2.75, 3.05) is 38.2 Å². The molecule has 3 heterocycles. The average molecular weight is 456 g/mol. The zero-order valence-electron chi connectivity index (χ0n) is 18.9. The van der Waals surface area contributed by atoms with E-state index >= 15 is 0 Å². The largest absolute Gasteiger partial charge is 0.466 e. The molecule has 0 N–H and O–H groups in total. The first kappa shape index (κ1) is 23.5. The number of nitrogens with zero attached hydrogens (tertiary/aromatic N) is 3. The van der Waals surface area contributed by atoms with Crippen LogP contribution in [0.2, 0.25) is 0 Å². The number of hydrogen-bond acceptors (Lipinski definition) is 7. The quantitative estimate of drug-likeness (QED) is 0.486. The number of rotatable bonds is 5. The van der Waals surface area contributed by atoms with E-state index in [1.165, 1.54) is 13.2 Å². The Bertz CT molecular complexity index is 981. The summed E-state index contributed by atoms with van der Waals surface area (Å²) in [5.74, 6) is -0.369. The summed E-state index contributed by atoms with van der Waals surface area (Å²) in [6.07, 6.45) is 8.71. The Kier molecular flexibility index (Phi) is 7.69. The maximum absolute atomic E-state index is 12.2. The minimum atomic E-state index is -0.480. The van der Waals surface area contributed by atoms with Crippen molar-refractivity contribution < 1.29 is 19.1 Å². The first-order valence-electron chi connectivity index (χ1n) is 10.4. The van der Waals surface area contributed by atoms with E-state index in [0.29, 0.717) is 13.1 Å². The van der Waals surface area contributed by atoms with Crippen LogP contribution in [0.1, 0.15) is 36.9 Å². The molecule has 1 aliphatic rings. The SMILES string of the molecule is COC(=O)/C=C/c1cc(C=Cc2ccc(N3CCN(C(=O)OC(C)(C)C)CC3)cn2)cs1. The van der Waals surface area contributed by atoms with Gasteiger partial charge in [0.1, 0.15) is 5.60 Å². The van der Waals surface area contributed by atoms with E-state index in [9.17, 15) is 9.59 Å². The van der Waals surface area contributed by atoms with Crippen molar-refractivity contribution in [2.45, 2.75) is 26.4 Å². The predicted molar refractivity (Wildman–Crippen MR) is 129 cm³/mol. The molecule has 0 bridgehead atoms. The van der Waals surface area contributed by atoms with Gasteiger partial charge in [0.2, 0.25) is 0 Å². The van der Waals surface area contributed by atoms with Gasteiger partial charge < -0.3 is 19.3 Å². The number of ether oxygens (including phenoxy) is 2. The molecule has 7 nitrogen and oxygen atoms in total. The smallest absolute Gasteiger partial charge is 0.410 e. The summed E-state index contributed by atoms with van der Waals surface area (Å²) in [4.78, 5) is 32.9. The molecular formula is C24H29N3O4S. The molecular weight excluding hydrogens is 426 g/mol. The molecule has 0 spiro atoms. The fourth-order valence-corrected chi connectivity index (χ4v) is 3.87. The first-order valence-corrected chi connectivity index (χ1v) is 11.3. The highest BCUT2D eigenvalue weighted by Crippen LogP contribution is 2.20. The molecule has 0 aromatic carbocycles. The average Bonchev–Trinajstić information content (AvgIpc) is 3.23. The van der Waals surface area contributed by atoms with E-state index in [4.69, 9.17) is 4.74 Å². The molecule has 2 aromatic rings. The second-order valence-electron chi connectivity index (χ2n) is 8.37. The molecule has 1 aliphatic heterocycles. The summed E-state index contributed by atoms with van der Waals surface area (Å²) in [5.41, 5.74) is 2.46. The van der Waals surface area contributed by atoms with Crippen molar-refractivity contribution >= 4 is 47.3 Å². The Hall–Kier alpha value is -3.13. The van der Waals surface area contributed by atoms with Crippen LogP contribution in [0.15, 0.2) is 35.9 Å². The highest BCUT2D eigenvalue weighted by molar-refractivity contribution is 7.11. The van der Waals surface area contributed by atoms with Gasteiger partial charge in [-0.1, -0.05) is 6.08 Å². The summed E-state index contributed by atoms with van der Waals surface area (Å²) in [6, 6.07) is 6.03. The van der Waals surface area contributed by atoms with E-state index < -0.39 is 5.60 Å². The maximum atomic E-state index is 12.2. The van der Waals surface area contributed by atoms with Crippen molar-refractivity contribution in [1.82, 2.24) is 9.88 Å². The van der Waals surface area contributed by atoms with Crippen LogP contribution in [0, 0.1) is 0 Å². The van der Waals surface area contributed by atoms with Gasteiger partial charge in [-0.3, -0.25) is 4.98 Å². The standard InChI is InChI=1S/C24H29N3O4S/c1-24(2,3)31-23(29)27-13-11-26(12-14-27)20-8-7-19(25-16-20)6-5-18-15-21(32-17-18)9-10-22(28)30-4/h5-10,15-17H,11-14H2,1-4H3/b6-5?,10-9+. The van der Waals surface area contributed by atoms with E-state index in [2.05, 4.69) is 14.6 Å². The molecule has 3 rings (SSSR count). The van der Waals surface area contributed by atoms with Crippen LogP contribution in [0.4, 0.5) is 10.5 Å². The fraction of sp³-hybridized carbons (Fsp3) is 0.375. The molecule has 32 heavy (non-hydrogen) atoms. The Labute approximate surface area is 193 Å². The number of carbonyl (C=O) groups excluding carboxylic acids is 2. The highest BCUT2D eigenvalue weighted by atomic mass is 32.1. The number of anilines is 1. The summed E-state index contributed by atoms with van der Waals surface area (Å²) < 4.78 is 10.1. The number of esters is 1. The summed E-state index contributed by atoms with van der Waals surface area (Å²) in [5, 5.41) is 2.02. The summed E-state index contributed by atoms with van der Waals surface area (Å²) in [7, 11) is 1.36. The molecule has 8 heteroatoms. The van der Waals surface area contributed by atoms with Crippen molar-refractivity contribution in [3.63, 3.8) is 0 Å². The van der Waals surface area contributed by atoms with Crippen LogP contribution < -0.4 is 4.90 Å². The molecule has 0 unspecified atom stereocenters. The van der Waals surface area contributed by atoms with E-state index in [1.54, 1.807) is 22.3 Å². The van der Waals surface area contributed by atoms with Gasteiger partial charge in [-0.25, -0.2) is 9.59 Å². The van der Waals surface area contributed by atoms with Crippen LogP contribution in [-0.4, -0.2) is 60.8 Å². The highest BCUT2D eigenvalue weighted by Gasteiger charge is 2.25. The zero-order chi connectivity index (χ0) is 23.1. The Morgan fingerprint density at radius 1 is 1.09 bits per heavy atom. The number of carbonyl (C=O) groups is 2. The van der Waals surface area contributed by atoms with Crippen LogP contribution in [0.25, 0.3) is 18.2 Å². The lowest BCUT2D eigenvalue weighted by molar-refractivity contribution is -0.134.